The van der Waals surface area contributed by atoms with Gasteiger partial charge in [0.15, 0.2) is 0 Å². The van der Waals surface area contributed by atoms with Crippen molar-refractivity contribution in [3.8, 4) is 0 Å². The molecule has 0 saturated heterocycles. The first-order valence-corrected chi connectivity index (χ1v) is 5.43. The van der Waals surface area contributed by atoms with Crippen molar-refractivity contribution in [1.29, 1.82) is 5.41 Å². The third kappa shape index (κ3) is 6.11. The molecular weight excluding hydrogens is 178 g/mol. The average Bonchev–Trinajstić information content (AvgIpc) is 1.84. The Morgan fingerprint density at radius 2 is 2.08 bits per heavy atom. The topological polar surface area (TPSA) is 73.3 Å². The first-order chi connectivity index (χ1) is 5.33. The zero-order valence-corrected chi connectivity index (χ0v) is 8.40. The molecule has 0 saturated carbocycles. The summed E-state index contributed by atoms with van der Waals surface area (Å²) in [4.78, 5) is 1.66. The van der Waals surface area contributed by atoms with E-state index in [9.17, 15) is 8.42 Å². The molecule has 0 aliphatic carbocycles. The van der Waals surface area contributed by atoms with Gasteiger partial charge in [0.05, 0.1) is 12.1 Å². The molecule has 0 aromatic carbocycles. The van der Waals surface area contributed by atoms with Crippen LogP contribution >= 0.6 is 0 Å². The summed E-state index contributed by atoms with van der Waals surface area (Å²) in [5.41, 5.74) is 0. The lowest BCUT2D eigenvalue weighted by molar-refractivity contribution is 0.495. The van der Waals surface area contributed by atoms with E-state index in [0.29, 0.717) is 18.9 Å². The SMILES string of the molecule is CC(=N)N(C)CCNS(C)(=O)=O. The van der Waals surface area contributed by atoms with Crippen molar-refractivity contribution < 1.29 is 8.42 Å². The van der Waals surface area contributed by atoms with Gasteiger partial charge in [-0.15, -0.1) is 0 Å². The zero-order valence-electron chi connectivity index (χ0n) is 7.59. The second-order valence-corrected chi connectivity index (χ2v) is 4.51. The molecule has 0 rings (SSSR count). The maximum Gasteiger partial charge on any atom is 0.208 e. The van der Waals surface area contributed by atoms with Gasteiger partial charge in [-0.2, -0.15) is 0 Å². The Morgan fingerprint density at radius 1 is 1.58 bits per heavy atom. The quantitative estimate of drug-likeness (QED) is 0.465. The molecule has 72 valence electrons. The summed E-state index contributed by atoms with van der Waals surface area (Å²) in [5, 5.41) is 7.18. The summed E-state index contributed by atoms with van der Waals surface area (Å²) in [6.07, 6.45) is 1.12. The minimum atomic E-state index is -3.09. The fourth-order valence-corrected chi connectivity index (χ4v) is 1.03. The van der Waals surface area contributed by atoms with Crippen LogP contribution in [0.1, 0.15) is 6.92 Å². The zero-order chi connectivity index (χ0) is 9.78. The molecule has 0 radical (unpaired) electrons. The molecule has 0 bridgehead atoms. The van der Waals surface area contributed by atoms with Gasteiger partial charge in [0.25, 0.3) is 0 Å². The molecule has 0 heterocycles. The molecule has 0 spiro atoms. The van der Waals surface area contributed by atoms with Crippen molar-refractivity contribution in [2.24, 2.45) is 0 Å². The number of likely N-dealkylation sites (N-methyl/N-ethyl adjacent to an activating group) is 1. The molecule has 6 heteroatoms. The van der Waals surface area contributed by atoms with Crippen LogP contribution in [-0.4, -0.2) is 45.5 Å². The van der Waals surface area contributed by atoms with E-state index in [1.54, 1.807) is 18.9 Å². The van der Waals surface area contributed by atoms with E-state index in [-0.39, 0.29) is 0 Å². The molecule has 0 atom stereocenters. The minimum Gasteiger partial charge on any atom is -0.363 e. The molecular formula is C6H15N3O2S. The van der Waals surface area contributed by atoms with Gasteiger partial charge in [0.2, 0.25) is 10.0 Å². The second-order valence-electron chi connectivity index (χ2n) is 2.67. The van der Waals surface area contributed by atoms with Gasteiger partial charge < -0.3 is 4.90 Å². The van der Waals surface area contributed by atoms with Crippen molar-refractivity contribution in [3.63, 3.8) is 0 Å². The Labute approximate surface area is 73.3 Å². The van der Waals surface area contributed by atoms with Gasteiger partial charge in [0.1, 0.15) is 0 Å². The maximum absolute atomic E-state index is 10.6. The standard InChI is InChI=1S/C6H15N3O2S/c1-6(7)9(2)5-4-8-12(3,10)11/h7-8H,4-5H2,1-3H3. The van der Waals surface area contributed by atoms with Gasteiger partial charge in [0, 0.05) is 20.1 Å². The number of hydrogen-bond acceptors (Lipinski definition) is 3. The Balaban J connectivity index is 3.65. The van der Waals surface area contributed by atoms with Crippen molar-refractivity contribution in [2.75, 3.05) is 26.4 Å². The molecule has 2 N–H and O–H groups in total. The monoisotopic (exact) mass is 193 g/mol. The molecule has 0 aromatic rings. The van der Waals surface area contributed by atoms with Crippen LogP contribution < -0.4 is 4.72 Å². The Morgan fingerprint density at radius 3 is 2.42 bits per heavy atom. The number of rotatable bonds is 4. The van der Waals surface area contributed by atoms with E-state index in [2.05, 4.69) is 4.72 Å². The Hall–Kier alpha value is -0.620. The van der Waals surface area contributed by atoms with Crippen molar-refractivity contribution in [2.45, 2.75) is 6.92 Å². The summed E-state index contributed by atoms with van der Waals surface area (Å²) in [6.45, 7) is 2.51. The summed E-state index contributed by atoms with van der Waals surface area (Å²) < 4.78 is 23.5. The van der Waals surface area contributed by atoms with E-state index < -0.39 is 10.0 Å². The normalized spacial score (nSPS) is 11.2. The van der Waals surface area contributed by atoms with Crippen LogP contribution in [-0.2, 0) is 10.0 Å². The van der Waals surface area contributed by atoms with Crippen LogP contribution in [0, 0.1) is 5.41 Å². The lowest BCUT2D eigenvalue weighted by Crippen LogP contribution is -2.34. The van der Waals surface area contributed by atoms with E-state index in [4.69, 9.17) is 5.41 Å². The predicted molar refractivity (Wildman–Crippen MR) is 48.9 cm³/mol. The van der Waals surface area contributed by atoms with Gasteiger partial charge in [-0.25, -0.2) is 13.1 Å². The van der Waals surface area contributed by atoms with Gasteiger partial charge in [-0.3, -0.25) is 5.41 Å². The third-order valence-electron chi connectivity index (χ3n) is 1.38. The van der Waals surface area contributed by atoms with Gasteiger partial charge in [-0.1, -0.05) is 0 Å². The molecule has 0 fully saturated rings. The Kier molecular flexibility index (Phi) is 4.19. The molecule has 0 amide bonds. The number of amidine groups is 1. The summed E-state index contributed by atoms with van der Waals surface area (Å²) in [6, 6.07) is 0. The van der Waals surface area contributed by atoms with E-state index in [0.717, 1.165) is 6.26 Å². The molecule has 5 nitrogen and oxygen atoms in total. The van der Waals surface area contributed by atoms with Crippen molar-refractivity contribution in [3.05, 3.63) is 0 Å². The molecule has 0 unspecified atom stereocenters. The molecule has 12 heavy (non-hydrogen) atoms. The highest BCUT2D eigenvalue weighted by Gasteiger charge is 2.01. The van der Waals surface area contributed by atoms with Crippen LogP contribution in [0.4, 0.5) is 0 Å². The highest BCUT2D eigenvalue weighted by Crippen LogP contribution is 1.82. The van der Waals surface area contributed by atoms with Crippen LogP contribution in [0.5, 0.6) is 0 Å². The molecule has 0 aliphatic heterocycles. The predicted octanol–water partition coefficient (Wildman–Crippen LogP) is -0.535. The third-order valence-corrected chi connectivity index (χ3v) is 2.11. The van der Waals surface area contributed by atoms with E-state index in [1.165, 1.54) is 0 Å². The fraction of sp³-hybridized carbons (Fsp3) is 0.833. The lowest BCUT2D eigenvalue weighted by Gasteiger charge is -2.16. The number of sulfonamides is 1. The first-order valence-electron chi connectivity index (χ1n) is 3.54. The van der Waals surface area contributed by atoms with Gasteiger partial charge in [-0.05, 0) is 6.92 Å². The fourth-order valence-electron chi connectivity index (χ4n) is 0.566. The van der Waals surface area contributed by atoms with Crippen LogP contribution in [0.25, 0.3) is 0 Å². The Bertz CT molecular complexity index is 248. The van der Waals surface area contributed by atoms with Crippen LogP contribution in [0.2, 0.25) is 0 Å². The summed E-state index contributed by atoms with van der Waals surface area (Å²) in [5.74, 6) is 0.422. The minimum absolute atomic E-state index is 0.339. The molecule has 0 aromatic heterocycles. The van der Waals surface area contributed by atoms with Crippen LogP contribution in [0.3, 0.4) is 0 Å². The highest BCUT2D eigenvalue weighted by molar-refractivity contribution is 7.88. The maximum atomic E-state index is 10.6. The van der Waals surface area contributed by atoms with Crippen molar-refractivity contribution in [1.82, 2.24) is 9.62 Å². The number of nitrogens with zero attached hydrogens (tertiary/aromatic N) is 1. The smallest absolute Gasteiger partial charge is 0.208 e. The van der Waals surface area contributed by atoms with Crippen LogP contribution in [0.15, 0.2) is 0 Å². The lowest BCUT2D eigenvalue weighted by atomic mass is 10.5. The number of nitrogens with one attached hydrogen (secondary N) is 2. The summed E-state index contributed by atoms with van der Waals surface area (Å²) >= 11 is 0. The average molecular weight is 193 g/mol. The highest BCUT2D eigenvalue weighted by atomic mass is 32.2. The number of hydrogen-bond donors (Lipinski definition) is 2. The summed E-state index contributed by atoms with van der Waals surface area (Å²) in [7, 11) is -1.35. The molecule has 0 aliphatic rings. The van der Waals surface area contributed by atoms with Gasteiger partial charge >= 0.3 is 0 Å². The largest absolute Gasteiger partial charge is 0.363 e. The van der Waals surface area contributed by atoms with E-state index in [1.807, 2.05) is 0 Å². The second kappa shape index (κ2) is 4.42. The van der Waals surface area contributed by atoms with Crippen molar-refractivity contribution >= 4 is 15.9 Å². The van der Waals surface area contributed by atoms with E-state index >= 15 is 0 Å². The first kappa shape index (κ1) is 11.4.